The van der Waals surface area contributed by atoms with Crippen molar-refractivity contribution in [3.8, 4) is 0 Å². The fourth-order valence-corrected chi connectivity index (χ4v) is 4.60. The average Bonchev–Trinajstić information content (AvgIpc) is 2.91. The summed E-state index contributed by atoms with van der Waals surface area (Å²) in [5, 5.41) is 5.71. The third-order valence-corrected chi connectivity index (χ3v) is 5.86. The lowest BCUT2D eigenvalue weighted by Crippen LogP contribution is -2.68. The molecule has 1 aliphatic heterocycles. The zero-order valence-electron chi connectivity index (χ0n) is 13.6. The fraction of sp³-hybridized carbons (Fsp3) is 0.938. The van der Waals surface area contributed by atoms with Crippen molar-refractivity contribution in [3.05, 3.63) is 0 Å². The van der Waals surface area contributed by atoms with E-state index < -0.39 is 18.1 Å². The number of alkyl halides is 3. The molecule has 7 heteroatoms. The lowest BCUT2D eigenvalue weighted by molar-refractivity contribution is -0.183. The van der Waals surface area contributed by atoms with E-state index in [-0.39, 0.29) is 36.4 Å². The predicted molar refractivity (Wildman–Crippen MR) is 78.9 cm³/mol. The molecule has 2 amide bonds. The number of rotatable bonds is 2. The molecule has 4 nitrogen and oxygen atoms in total. The van der Waals surface area contributed by atoms with Crippen molar-refractivity contribution in [2.45, 2.75) is 70.3 Å². The highest BCUT2D eigenvalue weighted by Crippen LogP contribution is 2.52. The molecular formula is C16H25F3N2O2. The van der Waals surface area contributed by atoms with Gasteiger partial charge in [0.25, 0.3) is 0 Å². The van der Waals surface area contributed by atoms with Gasteiger partial charge in [0.05, 0.1) is 12.0 Å². The second-order valence-electron chi connectivity index (χ2n) is 7.76. The first-order valence-corrected chi connectivity index (χ1v) is 8.45. The number of hydrogen-bond donors (Lipinski definition) is 2. The van der Waals surface area contributed by atoms with E-state index in [1.165, 1.54) is 0 Å². The highest BCUT2D eigenvalue weighted by atomic mass is 19.4. The number of amides is 2. The molecule has 5 atom stereocenters. The van der Waals surface area contributed by atoms with Gasteiger partial charge in [-0.2, -0.15) is 13.2 Å². The maximum atomic E-state index is 12.8. The third-order valence-electron chi connectivity index (χ3n) is 5.86. The van der Waals surface area contributed by atoms with Crippen LogP contribution in [0.25, 0.3) is 0 Å². The van der Waals surface area contributed by atoms with E-state index in [2.05, 4.69) is 24.5 Å². The van der Waals surface area contributed by atoms with Gasteiger partial charge in [-0.15, -0.1) is 0 Å². The van der Waals surface area contributed by atoms with E-state index in [1.807, 2.05) is 0 Å². The van der Waals surface area contributed by atoms with E-state index in [1.54, 1.807) is 0 Å². The molecule has 0 aromatic rings. The second kappa shape index (κ2) is 5.83. The second-order valence-corrected chi connectivity index (χ2v) is 7.76. The van der Waals surface area contributed by atoms with Crippen LogP contribution in [-0.2, 0) is 4.74 Å². The Morgan fingerprint density at radius 2 is 1.91 bits per heavy atom. The van der Waals surface area contributed by atoms with E-state index in [4.69, 9.17) is 4.74 Å². The largest absolute Gasteiger partial charge is 0.391 e. The summed E-state index contributed by atoms with van der Waals surface area (Å²) in [6, 6.07) is -0.715. The number of hydrogen-bond acceptors (Lipinski definition) is 2. The van der Waals surface area contributed by atoms with Crippen LogP contribution in [0.2, 0.25) is 0 Å². The molecule has 1 saturated heterocycles. The summed E-state index contributed by atoms with van der Waals surface area (Å²) in [6.07, 6.45) is -1.79. The van der Waals surface area contributed by atoms with Crippen molar-refractivity contribution in [1.29, 1.82) is 0 Å². The Bertz CT molecular complexity index is 467. The average molecular weight is 334 g/mol. The number of ether oxygens (including phenoxy) is 1. The lowest BCUT2D eigenvalue weighted by atomic mass is 9.57. The van der Waals surface area contributed by atoms with Crippen molar-refractivity contribution >= 4 is 6.03 Å². The molecule has 3 rings (SSSR count). The van der Waals surface area contributed by atoms with Gasteiger partial charge in [-0.1, -0.05) is 20.3 Å². The molecule has 0 bridgehead atoms. The number of fused-ring (bicyclic) bond motifs is 1. The van der Waals surface area contributed by atoms with Crippen LogP contribution in [0.15, 0.2) is 0 Å². The number of urea groups is 1. The van der Waals surface area contributed by atoms with Gasteiger partial charge in [-0.05, 0) is 25.7 Å². The maximum absolute atomic E-state index is 12.8. The minimum atomic E-state index is -4.17. The SMILES string of the molecule is CC1(C)C(NC(=O)NC2CCCC(C(F)(F)F)C2)C2CCOC21. The first kappa shape index (κ1) is 16.9. The quantitative estimate of drug-likeness (QED) is 0.815. The molecule has 0 spiro atoms. The van der Waals surface area contributed by atoms with Gasteiger partial charge in [-0.25, -0.2) is 4.79 Å². The number of nitrogens with one attached hydrogen (secondary N) is 2. The fourth-order valence-electron chi connectivity index (χ4n) is 4.60. The highest BCUT2D eigenvalue weighted by Gasteiger charge is 2.59. The number of carbonyl (C=O) groups excluding carboxylic acids is 1. The first-order chi connectivity index (χ1) is 10.7. The summed E-state index contributed by atoms with van der Waals surface area (Å²) in [4.78, 5) is 12.2. The molecule has 5 unspecified atom stereocenters. The summed E-state index contributed by atoms with van der Waals surface area (Å²) in [5.41, 5.74) is -0.125. The van der Waals surface area contributed by atoms with Crippen LogP contribution in [0.1, 0.15) is 46.0 Å². The van der Waals surface area contributed by atoms with Crippen LogP contribution in [-0.4, -0.2) is 37.0 Å². The molecule has 3 aliphatic rings. The van der Waals surface area contributed by atoms with Gasteiger partial charge in [0.1, 0.15) is 0 Å². The van der Waals surface area contributed by atoms with E-state index >= 15 is 0 Å². The van der Waals surface area contributed by atoms with Gasteiger partial charge < -0.3 is 15.4 Å². The molecule has 23 heavy (non-hydrogen) atoms. The van der Waals surface area contributed by atoms with Gasteiger partial charge in [0.2, 0.25) is 0 Å². The van der Waals surface area contributed by atoms with Crippen molar-refractivity contribution < 1.29 is 22.7 Å². The Balaban J connectivity index is 1.52. The summed E-state index contributed by atoms with van der Waals surface area (Å²) < 4.78 is 44.2. The predicted octanol–water partition coefficient (Wildman–Crippen LogP) is 3.22. The summed E-state index contributed by atoms with van der Waals surface area (Å²) in [7, 11) is 0. The number of carbonyl (C=O) groups is 1. The minimum Gasteiger partial charge on any atom is -0.377 e. The van der Waals surface area contributed by atoms with Crippen molar-refractivity contribution in [3.63, 3.8) is 0 Å². The molecule has 0 aromatic carbocycles. The zero-order valence-corrected chi connectivity index (χ0v) is 13.6. The Labute approximate surface area is 134 Å². The van der Waals surface area contributed by atoms with Crippen LogP contribution < -0.4 is 10.6 Å². The standard InChI is InChI=1S/C16H25F3N2O2/c1-15(2)12(11-6-7-23-13(11)15)21-14(22)20-10-5-3-4-9(8-10)16(17,18)19/h9-13H,3-8H2,1-2H3,(H2,20,21,22). The Morgan fingerprint density at radius 1 is 1.17 bits per heavy atom. The van der Waals surface area contributed by atoms with Crippen molar-refractivity contribution in [2.24, 2.45) is 17.3 Å². The molecule has 2 saturated carbocycles. The van der Waals surface area contributed by atoms with Gasteiger partial charge >= 0.3 is 12.2 Å². The zero-order chi connectivity index (χ0) is 16.8. The minimum absolute atomic E-state index is 0.0137. The molecule has 0 radical (unpaired) electrons. The molecular weight excluding hydrogens is 309 g/mol. The van der Waals surface area contributed by atoms with Crippen LogP contribution in [0.5, 0.6) is 0 Å². The Morgan fingerprint density at radius 3 is 2.61 bits per heavy atom. The third kappa shape index (κ3) is 3.16. The highest BCUT2D eigenvalue weighted by molar-refractivity contribution is 5.75. The maximum Gasteiger partial charge on any atom is 0.391 e. The smallest absolute Gasteiger partial charge is 0.377 e. The van der Waals surface area contributed by atoms with E-state index in [9.17, 15) is 18.0 Å². The van der Waals surface area contributed by atoms with Crippen LogP contribution >= 0.6 is 0 Å². The van der Waals surface area contributed by atoms with Crippen molar-refractivity contribution in [2.75, 3.05) is 6.61 Å². The molecule has 3 fully saturated rings. The molecule has 1 heterocycles. The van der Waals surface area contributed by atoms with Gasteiger partial charge in [0.15, 0.2) is 0 Å². The molecule has 2 N–H and O–H groups in total. The Hall–Kier alpha value is -0.980. The summed E-state index contributed by atoms with van der Waals surface area (Å²) in [6.45, 7) is 4.84. The summed E-state index contributed by atoms with van der Waals surface area (Å²) >= 11 is 0. The first-order valence-electron chi connectivity index (χ1n) is 8.45. The van der Waals surface area contributed by atoms with Crippen LogP contribution in [0.3, 0.4) is 0 Å². The van der Waals surface area contributed by atoms with Gasteiger partial charge in [-0.3, -0.25) is 0 Å². The van der Waals surface area contributed by atoms with E-state index in [0.717, 1.165) is 6.42 Å². The molecule has 132 valence electrons. The number of halogens is 3. The monoisotopic (exact) mass is 334 g/mol. The van der Waals surface area contributed by atoms with Crippen molar-refractivity contribution in [1.82, 2.24) is 10.6 Å². The molecule has 0 aromatic heterocycles. The van der Waals surface area contributed by atoms with Crippen LogP contribution in [0.4, 0.5) is 18.0 Å². The lowest BCUT2D eigenvalue weighted by Gasteiger charge is -2.54. The normalized spacial score (nSPS) is 39.3. The topological polar surface area (TPSA) is 50.4 Å². The van der Waals surface area contributed by atoms with Crippen LogP contribution in [0, 0.1) is 17.3 Å². The van der Waals surface area contributed by atoms with Gasteiger partial charge in [0, 0.05) is 30.0 Å². The van der Waals surface area contributed by atoms with E-state index in [0.29, 0.717) is 25.4 Å². The molecule has 2 aliphatic carbocycles. The Kier molecular flexibility index (Phi) is 4.27. The summed E-state index contributed by atoms with van der Waals surface area (Å²) in [5.74, 6) is -0.973.